The van der Waals surface area contributed by atoms with Gasteiger partial charge in [0.1, 0.15) is 11.4 Å². The van der Waals surface area contributed by atoms with Crippen molar-refractivity contribution in [2.45, 2.75) is 12.7 Å². The Bertz CT molecular complexity index is 786. The highest BCUT2D eigenvalue weighted by atomic mass is 19.4. The molecule has 0 radical (unpaired) electrons. The summed E-state index contributed by atoms with van der Waals surface area (Å²) in [5, 5.41) is 10.6. The molecule has 0 saturated heterocycles. The second-order valence-electron chi connectivity index (χ2n) is 4.48. The van der Waals surface area contributed by atoms with Gasteiger partial charge in [0.25, 0.3) is 0 Å². The lowest BCUT2D eigenvalue weighted by atomic mass is 10.4. The SMILES string of the molecule is FC(F)(F)c1ccnc(NCc2cn(-c3ccncc3)nn2)n1. The number of anilines is 1. The Labute approximate surface area is 128 Å². The summed E-state index contributed by atoms with van der Waals surface area (Å²) >= 11 is 0. The van der Waals surface area contributed by atoms with Crippen molar-refractivity contribution in [3.05, 3.63) is 54.4 Å². The maximum Gasteiger partial charge on any atom is 0.433 e. The van der Waals surface area contributed by atoms with E-state index < -0.39 is 11.9 Å². The number of nitrogens with one attached hydrogen (secondary N) is 1. The van der Waals surface area contributed by atoms with Crippen molar-refractivity contribution in [1.82, 2.24) is 29.9 Å². The van der Waals surface area contributed by atoms with Crippen molar-refractivity contribution in [1.29, 1.82) is 0 Å². The molecule has 3 aromatic heterocycles. The largest absolute Gasteiger partial charge is 0.433 e. The van der Waals surface area contributed by atoms with Crippen LogP contribution in [0.4, 0.5) is 19.1 Å². The van der Waals surface area contributed by atoms with Crippen LogP contribution in [0.3, 0.4) is 0 Å². The molecule has 3 rings (SSSR count). The number of rotatable bonds is 4. The number of hydrogen-bond acceptors (Lipinski definition) is 6. The first-order chi connectivity index (χ1) is 11.0. The van der Waals surface area contributed by atoms with Crippen molar-refractivity contribution in [3.63, 3.8) is 0 Å². The average Bonchev–Trinajstić information content (AvgIpc) is 3.02. The van der Waals surface area contributed by atoms with Gasteiger partial charge in [-0.15, -0.1) is 5.10 Å². The number of nitrogens with zero attached hydrogens (tertiary/aromatic N) is 6. The molecule has 0 aliphatic rings. The first-order valence-electron chi connectivity index (χ1n) is 6.48. The fraction of sp³-hybridized carbons (Fsp3) is 0.154. The molecule has 0 aliphatic carbocycles. The van der Waals surface area contributed by atoms with E-state index in [-0.39, 0.29) is 12.5 Å². The summed E-state index contributed by atoms with van der Waals surface area (Å²) in [4.78, 5) is 11.1. The number of pyridine rings is 1. The minimum atomic E-state index is -4.51. The third kappa shape index (κ3) is 3.59. The number of alkyl halides is 3. The van der Waals surface area contributed by atoms with Crippen molar-refractivity contribution in [3.8, 4) is 5.69 Å². The van der Waals surface area contributed by atoms with Gasteiger partial charge in [0.05, 0.1) is 18.4 Å². The van der Waals surface area contributed by atoms with E-state index in [0.717, 1.165) is 18.0 Å². The molecular weight excluding hydrogens is 311 g/mol. The molecule has 0 aliphatic heterocycles. The molecule has 1 N–H and O–H groups in total. The third-order valence-corrected chi connectivity index (χ3v) is 2.84. The van der Waals surface area contributed by atoms with Crippen LogP contribution in [-0.2, 0) is 12.7 Å². The molecule has 10 heteroatoms. The Morgan fingerprint density at radius 2 is 1.87 bits per heavy atom. The summed E-state index contributed by atoms with van der Waals surface area (Å²) < 4.78 is 39.3. The average molecular weight is 321 g/mol. The van der Waals surface area contributed by atoms with Crippen molar-refractivity contribution in [2.24, 2.45) is 0 Å². The maximum atomic E-state index is 12.6. The van der Waals surface area contributed by atoms with Crippen LogP contribution in [0.25, 0.3) is 5.69 Å². The van der Waals surface area contributed by atoms with Gasteiger partial charge < -0.3 is 5.32 Å². The molecule has 0 bridgehead atoms. The zero-order valence-electron chi connectivity index (χ0n) is 11.6. The van der Waals surface area contributed by atoms with E-state index in [4.69, 9.17) is 0 Å². The van der Waals surface area contributed by atoms with E-state index in [1.165, 1.54) is 4.68 Å². The minimum absolute atomic E-state index is 0.127. The predicted molar refractivity (Wildman–Crippen MR) is 73.5 cm³/mol. The van der Waals surface area contributed by atoms with Crippen molar-refractivity contribution >= 4 is 5.95 Å². The van der Waals surface area contributed by atoms with Crippen LogP contribution < -0.4 is 5.32 Å². The van der Waals surface area contributed by atoms with Crippen LogP contribution in [-0.4, -0.2) is 29.9 Å². The van der Waals surface area contributed by atoms with Crippen LogP contribution in [0.2, 0.25) is 0 Å². The van der Waals surface area contributed by atoms with E-state index in [2.05, 4.69) is 30.6 Å². The van der Waals surface area contributed by atoms with Gasteiger partial charge >= 0.3 is 6.18 Å². The molecule has 0 fully saturated rings. The van der Waals surface area contributed by atoms with Gasteiger partial charge in [0.2, 0.25) is 5.95 Å². The lowest BCUT2D eigenvalue weighted by Gasteiger charge is -2.07. The number of aromatic nitrogens is 6. The molecule has 7 nitrogen and oxygen atoms in total. The Kier molecular flexibility index (Phi) is 3.87. The molecule has 0 unspecified atom stereocenters. The summed E-state index contributed by atoms with van der Waals surface area (Å²) in [6.07, 6.45) is 1.42. The zero-order valence-corrected chi connectivity index (χ0v) is 11.6. The van der Waals surface area contributed by atoms with E-state index in [1.54, 1.807) is 30.7 Å². The first kappa shape index (κ1) is 14.9. The van der Waals surface area contributed by atoms with Gasteiger partial charge in [-0.2, -0.15) is 13.2 Å². The molecule has 3 aromatic rings. The topological polar surface area (TPSA) is 81.4 Å². The lowest BCUT2D eigenvalue weighted by Crippen LogP contribution is -2.11. The van der Waals surface area contributed by atoms with E-state index in [9.17, 15) is 13.2 Å². The molecule has 0 saturated carbocycles. The number of halogens is 3. The van der Waals surface area contributed by atoms with Crippen molar-refractivity contribution < 1.29 is 13.2 Å². The Morgan fingerprint density at radius 1 is 1.09 bits per heavy atom. The summed E-state index contributed by atoms with van der Waals surface area (Å²) in [5.74, 6) is -0.127. The monoisotopic (exact) mass is 321 g/mol. The van der Waals surface area contributed by atoms with Gasteiger partial charge in [-0.25, -0.2) is 14.6 Å². The van der Waals surface area contributed by atoms with Gasteiger partial charge in [-0.3, -0.25) is 4.98 Å². The maximum absolute atomic E-state index is 12.6. The van der Waals surface area contributed by atoms with Gasteiger partial charge in [-0.1, -0.05) is 5.21 Å². The third-order valence-electron chi connectivity index (χ3n) is 2.84. The molecule has 118 valence electrons. The molecule has 0 spiro atoms. The molecule has 23 heavy (non-hydrogen) atoms. The highest BCUT2D eigenvalue weighted by Gasteiger charge is 2.32. The van der Waals surface area contributed by atoms with E-state index >= 15 is 0 Å². The fourth-order valence-electron chi connectivity index (χ4n) is 1.77. The Morgan fingerprint density at radius 3 is 2.61 bits per heavy atom. The minimum Gasteiger partial charge on any atom is -0.348 e. The first-order valence-corrected chi connectivity index (χ1v) is 6.48. The van der Waals surface area contributed by atoms with Crippen molar-refractivity contribution in [2.75, 3.05) is 5.32 Å². The Balaban J connectivity index is 1.69. The Hall–Kier alpha value is -3.04. The van der Waals surface area contributed by atoms with Gasteiger partial charge in [0.15, 0.2) is 0 Å². The van der Waals surface area contributed by atoms with E-state index in [1.807, 2.05) is 0 Å². The molecule has 3 heterocycles. The lowest BCUT2D eigenvalue weighted by molar-refractivity contribution is -0.141. The van der Waals surface area contributed by atoms with Gasteiger partial charge in [-0.05, 0) is 18.2 Å². The highest BCUT2D eigenvalue weighted by Crippen LogP contribution is 2.27. The quantitative estimate of drug-likeness (QED) is 0.792. The second-order valence-corrected chi connectivity index (χ2v) is 4.48. The number of hydrogen-bond donors (Lipinski definition) is 1. The van der Waals surface area contributed by atoms with Crippen LogP contribution in [0.1, 0.15) is 11.4 Å². The smallest absolute Gasteiger partial charge is 0.348 e. The second kappa shape index (κ2) is 5.99. The summed E-state index contributed by atoms with van der Waals surface area (Å²) in [6, 6.07) is 4.31. The molecule has 0 aromatic carbocycles. The summed E-state index contributed by atoms with van der Waals surface area (Å²) in [6.45, 7) is 0.145. The summed E-state index contributed by atoms with van der Waals surface area (Å²) in [5.41, 5.74) is 0.298. The fourth-order valence-corrected chi connectivity index (χ4v) is 1.77. The van der Waals surface area contributed by atoms with Crippen LogP contribution in [0.15, 0.2) is 43.0 Å². The normalized spacial score (nSPS) is 11.4. The van der Waals surface area contributed by atoms with E-state index in [0.29, 0.717) is 5.69 Å². The zero-order chi connectivity index (χ0) is 16.3. The highest BCUT2D eigenvalue weighted by molar-refractivity contribution is 5.29. The molecule has 0 atom stereocenters. The predicted octanol–water partition coefficient (Wildman–Crippen LogP) is 2.08. The van der Waals surface area contributed by atoms with Crippen LogP contribution in [0, 0.1) is 0 Å². The van der Waals surface area contributed by atoms with Gasteiger partial charge in [0, 0.05) is 18.6 Å². The molecule has 0 amide bonds. The van der Waals surface area contributed by atoms with Crippen LogP contribution >= 0.6 is 0 Å². The van der Waals surface area contributed by atoms with Crippen LogP contribution in [0.5, 0.6) is 0 Å². The standard InChI is InChI=1S/C13H10F3N7/c14-13(15,16)11-3-6-18-12(20-11)19-7-9-8-23(22-21-9)10-1-4-17-5-2-10/h1-6,8H,7H2,(H,18,19,20). The summed E-state index contributed by atoms with van der Waals surface area (Å²) in [7, 11) is 0. The molecular formula is C13H10F3N7.